The van der Waals surface area contributed by atoms with Crippen LogP contribution < -0.4 is 0 Å². The van der Waals surface area contributed by atoms with Crippen molar-refractivity contribution in [2.75, 3.05) is 0 Å². The smallest absolute Gasteiger partial charge is 0.145 e. The highest BCUT2D eigenvalue weighted by Crippen LogP contribution is 2.10. The Balaban J connectivity index is 1.94. The zero-order valence-electron chi connectivity index (χ0n) is 9.30. The first-order chi connectivity index (χ1) is 7.63. The van der Waals surface area contributed by atoms with Crippen LogP contribution in [0.4, 0.5) is 0 Å². The van der Waals surface area contributed by atoms with E-state index in [4.69, 9.17) is 0 Å². The minimum absolute atomic E-state index is 0.160. The van der Waals surface area contributed by atoms with Crippen molar-refractivity contribution in [3.05, 3.63) is 34.0 Å². The first-order valence-corrected chi connectivity index (χ1v) is 5.92. The first-order valence-electron chi connectivity index (χ1n) is 5.05. The van der Waals surface area contributed by atoms with E-state index in [9.17, 15) is 4.79 Å². The fraction of sp³-hybridized carbons (Fsp3) is 0.364. The number of nitrogens with zero attached hydrogens (tertiary/aromatic N) is 3. The number of aromatic nitrogens is 3. The van der Waals surface area contributed by atoms with Gasteiger partial charge < -0.3 is 0 Å². The molecule has 0 atom stereocenters. The average Bonchev–Trinajstić information content (AvgIpc) is 2.76. The third kappa shape index (κ3) is 2.76. The lowest BCUT2D eigenvalue weighted by molar-refractivity contribution is -0.117. The molecule has 0 amide bonds. The first kappa shape index (κ1) is 11.0. The van der Waals surface area contributed by atoms with Crippen LogP contribution in [0.25, 0.3) is 0 Å². The van der Waals surface area contributed by atoms with Crippen molar-refractivity contribution in [3.8, 4) is 0 Å². The SMILES string of the molecule is Cc1csc(CC(=O)Cc2ccn(C)n2)n1. The summed E-state index contributed by atoms with van der Waals surface area (Å²) in [7, 11) is 1.85. The molecule has 5 heteroatoms. The van der Waals surface area contributed by atoms with E-state index in [1.165, 1.54) is 11.3 Å². The number of carbonyl (C=O) groups excluding carboxylic acids is 1. The largest absolute Gasteiger partial charge is 0.299 e. The molecule has 2 heterocycles. The second-order valence-corrected chi connectivity index (χ2v) is 4.70. The van der Waals surface area contributed by atoms with E-state index >= 15 is 0 Å². The number of rotatable bonds is 4. The van der Waals surface area contributed by atoms with Crippen molar-refractivity contribution >= 4 is 17.1 Å². The van der Waals surface area contributed by atoms with Crippen molar-refractivity contribution in [2.24, 2.45) is 7.05 Å². The lowest BCUT2D eigenvalue weighted by Gasteiger charge is -1.95. The van der Waals surface area contributed by atoms with Gasteiger partial charge in [0.15, 0.2) is 0 Å². The normalized spacial score (nSPS) is 10.6. The van der Waals surface area contributed by atoms with Crippen LogP contribution in [0.1, 0.15) is 16.4 Å². The number of thiazole rings is 1. The van der Waals surface area contributed by atoms with Crippen molar-refractivity contribution in [1.82, 2.24) is 14.8 Å². The van der Waals surface area contributed by atoms with Crippen LogP contribution in [0.3, 0.4) is 0 Å². The lowest BCUT2D eigenvalue weighted by atomic mass is 10.2. The molecule has 2 aromatic heterocycles. The van der Waals surface area contributed by atoms with Gasteiger partial charge in [0.25, 0.3) is 0 Å². The third-order valence-corrected chi connectivity index (χ3v) is 3.13. The molecule has 0 aromatic carbocycles. The summed E-state index contributed by atoms with van der Waals surface area (Å²) in [5, 5.41) is 7.03. The molecule has 0 saturated heterocycles. The predicted molar refractivity (Wildman–Crippen MR) is 62.5 cm³/mol. The number of ketones is 1. The number of carbonyl (C=O) groups is 1. The fourth-order valence-electron chi connectivity index (χ4n) is 1.47. The molecule has 16 heavy (non-hydrogen) atoms. The zero-order valence-corrected chi connectivity index (χ0v) is 10.1. The molecular weight excluding hydrogens is 222 g/mol. The minimum atomic E-state index is 0.160. The summed E-state index contributed by atoms with van der Waals surface area (Å²) in [4.78, 5) is 16.0. The van der Waals surface area contributed by atoms with Crippen LogP contribution in [0.2, 0.25) is 0 Å². The Kier molecular flexibility index (Phi) is 3.14. The minimum Gasteiger partial charge on any atom is -0.299 e. The van der Waals surface area contributed by atoms with Crippen LogP contribution in [-0.4, -0.2) is 20.5 Å². The molecule has 0 unspecified atom stereocenters. The Morgan fingerprint density at radius 3 is 2.88 bits per heavy atom. The molecule has 0 radical (unpaired) electrons. The van der Waals surface area contributed by atoms with E-state index in [2.05, 4.69) is 10.1 Å². The highest BCUT2D eigenvalue weighted by molar-refractivity contribution is 7.09. The van der Waals surface area contributed by atoms with Crippen LogP contribution >= 0.6 is 11.3 Å². The molecule has 0 saturated carbocycles. The Morgan fingerprint density at radius 1 is 1.50 bits per heavy atom. The van der Waals surface area contributed by atoms with Gasteiger partial charge in [-0.15, -0.1) is 11.3 Å². The molecule has 0 aliphatic carbocycles. The Hall–Kier alpha value is -1.49. The second kappa shape index (κ2) is 4.57. The van der Waals surface area contributed by atoms with Crippen molar-refractivity contribution in [2.45, 2.75) is 19.8 Å². The topological polar surface area (TPSA) is 47.8 Å². The van der Waals surface area contributed by atoms with E-state index in [0.717, 1.165) is 16.4 Å². The molecule has 0 spiro atoms. The fourth-order valence-corrected chi connectivity index (χ4v) is 2.27. The maximum Gasteiger partial charge on any atom is 0.145 e. The molecule has 0 N–H and O–H groups in total. The van der Waals surface area contributed by atoms with Gasteiger partial charge in [0.05, 0.1) is 18.5 Å². The summed E-state index contributed by atoms with van der Waals surface area (Å²) in [5.74, 6) is 0.160. The monoisotopic (exact) mass is 235 g/mol. The Bertz CT molecular complexity index is 457. The quantitative estimate of drug-likeness (QED) is 0.807. The lowest BCUT2D eigenvalue weighted by Crippen LogP contribution is -2.07. The standard InChI is InChI=1S/C11H13N3OS/c1-8-7-16-11(12-8)6-10(15)5-9-3-4-14(2)13-9/h3-4,7H,5-6H2,1-2H3. The van der Waals surface area contributed by atoms with Gasteiger partial charge in [0.1, 0.15) is 10.8 Å². The molecule has 2 aromatic rings. The molecule has 0 aliphatic rings. The molecule has 4 nitrogen and oxygen atoms in total. The van der Waals surface area contributed by atoms with E-state index in [1.54, 1.807) is 4.68 Å². The molecular formula is C11H13N3OS. The van der Waals surface area contributed by atoms with Gasteiger partial charge in [-0.1, -0.05) is 0 Å². The number of aryl methyl sites for hydroxylation is 2. The predicted octanol–water partition coefficient (Wildman–Crippen LogP) is 1.54. The summed E-state index contributed by atoms with van der Waals surface area (Å²) >= 11 is 1.54. The Morgan fingerprint density at radius 2 is 2.31 bits per heavy atom. The highest BCUT2D eigenvalue weighted by atomic mass is 32.1. The van der Waals surface area contributed by atoms with E-state index < -0.39 is 0 Å². The van der Waals surface area contributed by atoms with Gasteiger partial charge in [-0.25, -0.2) is 4.98 Å². The number of Topliss-reactive ketones (excluding diaryl/α,β-unsaturated/α-hetero) is 1. The van der Waals surface area contributed by atoms with Gasteiger partial charge in [0.2, 0.25) is 0 Å². The summed E-state index contributed by atoms with van der Waals surface area (Å²) in [6.07, 6.45) is 2.64. The summed E-state index contributed by atoms with van der Waals surface area (Å²) in [6, 6.07) is 1.87. The van der Waals surface area contributed by atoms with Crippen molar-refractivity contribution < 1.29 is 4.79 Å². The molecule has 0 bridgehead atoms. The zero-order chi connectivity index (χ0) is 11.5. The van der Waals surface area contributed by atoms with Gasteiger partial charge in [0, 0.05) is 24.3 Å². The maximum absolute atomic E-state index is 11.7. The maximum atomic E-state index is 11.7. The third-order valence-electron chi connectivity index (χ3n) is 2.16. The van der Waals surface area contributed by atoms with Crippen LogP contribution in [-0.2, 0) is 24.7 Å². The van der Waals surface area contributed by atoms with E-state index in [1.807, 2.05) is 31.6 Å². The average molecular weight is 235 g/mol. The second-order valence-electron chi connectivity index (χ2n) is 3.76. The Labute approximate surface area is 97.9 Å². The van der Waals surface area contributed by atoms with Gasteiger partial charge in [-0.05, 0) is 13.0 Å². The van der Waals surface area contributed by atoms with Gasteiger partial charge in [-0.2, -0.15) is 5.10 Å². The molecule has 84 valence electrons. The van der Waals surface area contributed by atoms with E-state index in [-0.39, 0.29) is 5.78 Å². The summed E-state index contributed by atoms with van der Waals surface area (Å²) in [5.41, 5.74) is 1.80. The number of hydrogen-bond acceptors (Lipinski definition) is 4. The highest BCUT2D eigenvalue weighted by Gasteiger charge is 2.09. The molecule has 0 fully saturated rings. The van der Waals surface area contributed by atoms with Crippen LogP contribution in [0.5, 0.6) is 0 Å². The van der Waals surface area contributed by atoms with E-state index in [0.29, 0.717) is 12.8 Å². The van der Waals surface area contributed by atoms with Gasteiger partial charge in [-0.3, -0.25) is 9.48 Å². The summed E-state index contributed by atoms with van der Waals surface area (Å²) in [6.45, 7) is 1.93. The van der Waals surface area contributed by atoms with Crippen LogP contribution in [0, 0.1) is 6.92 Å². The summed E-state index contributed by atoms with van der Waals surface area (Å²) < 4.78 is 1.70. The number of hydrogen-bond donors (Lipinski definition) is 0. The molecule has 0 aliphatic heterocycles. The van der Waals surface area contributed by atoms with Crippen molar-refractivity contribution in [3.63, 3.8) is 0 Å². The molecule has 2 rings (SSSR count). The van der Waals surface area contributed by atoms with Crippen molar-refractivity contribution in [1.29, 1.82) is 0 Å². The van der Waals surface area contributed by atoms with Gasteiger partial charge >= 0.3 is 0 Å². The van der Waals surface area contributed by atoms with Crippen LogP contribution in [0.15, 0.2) is 17.6 Å².